The van der Waals surface area contributed by atoms with Crippen LogP contribution in [0.4, 0.5) is 0 Å². The molecule has 0 bridgehead atoms. The topological polar surface area (TPSA) is 6.48 Å². The van der Waals surface area contributed by atoms with Gasteiger partial charge < -0.3 is 4.90 Å². The van der Waals surface area contributed by atoms with E-state index in [1.54, 1.807) is 0 Å². The molecule has 1 atom stereocenters. The molecule has 0 saturated carbocycles. The summed E-state index contributed by atoms with van der Waals surface area (Å²) in [6.07, 6.45) is 3.99. The molecule has 2 aromatic carbocycles. The summed E-state index contributed by atoms with van der Waals surface area (Å²) in [5.74, 6) is 0. The van der Waals surface area contributed by atoms with Gasteiger partial charge in [-0.3, -0.25) is 4.90 Å². The molecule has 1 aliphatic heterocycles. The molecule has 2 heteroatoms. The average Bonchev–Trinajstić information content (AvgIpc) is 3.02. The highest BCUT2D eigenvalue weighted by molar-refractivity contribution is 5.23. The lowest BCUT2D eigenvalue weighted by Gasteiger charge is -2.26. The van der Waals surface area contributed by atoms with Crippen molar-refractivity contribution in [3.05, 3.63) is 70.8 Å². The maximum atomic E-state index is 2.61. The van der Waals surface area contributed by atoms with Gasteiger partial charge in [-0.1, -0.05) is 59.7 Å². The molecule has 2 aromatic rings. The zero-order chi connectivity index (χ0) is 17.6. The summed E-state index contributed by atoms with van der Waals surface area (Å²) in [7, 11) is 2.28. The lowest BCUT2D eigenvalue weighted by atomic mass is 10.1. The van der Waals surface area contributed by atoms with Crippen LogP contribution in [0.2, 0.25) is 0 Å². The second-order valence-electron chi connectivity index (χ2n) is 7.75. The molecule has 25 heavy (non-hydrogen) atoms. The minimum atomic E-state index is 0.763. The molecule has 134 valence electrons. The van der Waals surface area contributed by atoms with Crippen molar-refractivity contribution in [2.24, 2.45) is 0 Å². The van der Waals surface area contributed by atoms with Gasteiger partial charge in [0.05, 0.1) is 0 Å². The van der Waals surface area contributed by atoms with Crippen LogP contribution < -0.4 is 0 Å². The van der Waals surface area contributed by atoms with Gasteiger partial charge in [0.25, 0.3) is 0 Å². The average molecular weight is 337 g/mol. The lowest BCUT2D eigenvalue weighted by Crippen LogP contribution is -2.31. The summed E-state index contributed by atoms with van der Waals surface area (Å²) in [5.41, 5.74) is 5.50. The first-order valence-electron chi connectivity index (χ1n) is 9.64. The molecule has 0 radical (unpaired) electrons. The fraction of sp³-hybridized carbons (Fsp3) is 0.478. The van der Waals surface area contributed by atoms with Gasteiger partial charge >= 0.3 is 0 Å². The van der Waals surface area contributed by atoms with Crippen LogP contribution in [0, 0.1) is 13.8 Å². The maximum Gasteiger partial charge on any atom is 0.0237 e. The molecule has 0 aromatic heterocycles. The number of aryl methyl sites for hydroxylation is 2. The fourth-order valence-corrected chi connectivity index (χ4v) is 3.79. The fourth-order valence-electron chi connectivity index (χ4n) is 3.79. The Kier molecular flexibility index (Phi) is 6.28. The molecule has 1 fully saturated rings. The first-order chi connectivity index (χ1) is 12.1. The van der Waals surface area contributed by atoms with E-state index in [9.17, 15) is 0 Å². The van der Waals surface area contributed by atoms with Crippen molar-refractivity contribution < 1.29 is 0 Å². The number of rotatable bonds is 7. The quantitative estimate of drug-likeness (QED) is 0.717. The standard InChI is InChI=1S/C23H32N2/c1-19-6-10-21(11-7-19)17-25(16-14-23-5-4-15-24(23)3)18-22-12-8-20(2)9-13-22/h6-13,23H,4-5,14-18H2,1-3H3/t23-/m1/s1. The Morgan fingerprint density at radius 2 is 1.40 bits per heavy atom. The van der Waals surface area contributed by atoms with Crippen LogP contribution in [-0.2, 0) is 13.1 Å². The predicted octanol–water partition coefficient (Wildman–Crippen LogP) is 4.79. The lowest BCUT2D eigenvalue weighted by molar-refractivity contribution is 0.211. The Bertz CT molecular complexity index is 597. The highest BCUT2D eigenvalue weighted by atomic mass is 15.2. The van der Waals surface area contributed by atoms with E-state index in [4.69, 9.17) is 0 Å². The molecule has 1 saturated heterocycles. The van der Waals surface area contributed by atoms with E-state index < -0.39 is 0 Å². The summed E-state index contributed by atoms with van der Waals surface area (Å²) < 4.78 is 0. The highest BCUT2D eigenvalue weighted by Gasteiger charge is 2.21. The van der Waals surface area contributed by atoms with Crippen molar-refractivity contribution in [1.82, 2.24) is 9.80 Å². The van der Waals surface area contributed by atoms with Gasteiger partial charge in [0.1, 0.15) is 0 Å². The number of nitrogens with zero attached hydrogens (tertiary/aromatic N) is 2. The minimum Gasteiger partial charge on any atom is -0.303 e. The van der Waals surface area contributed by atoms with E-state index in [0.29, 0.717) is 0 Å². The predicted molar refractivity (Wildman–Crippen MR) is 107 cm³/mol. The normalized spacial score (nSPS) is 18.2. The monoisotopic (exact) mass is 336 g/mol. The molecular formula is C23H32N2. The van der Waals surface area contributed by atoms with Gasteiger partial charge in [-0.2, -0.15) is 0 Å². The third-order valence-electron chi connectivity index (χ3n) is 5.50. The zero-order valence-corrected chi connectivity index (χ0v) is 16.0. The van der Waals surface area contributed by atoms with Gasteiger partial charge in [0, 0.05) is 25.7 Å². The van der Waals surface area contributed by atoms with E-state index in [0.717, 1.165) is 25.7 Å². The first-order valence-corrected chi connectivity index (χ1v) is 9.64. The van der Waals surface area contributed by atoms with E-state index in [1.807, 2.05) is 0 Å². The summed E-state index contributed by atoms with van der Waals surface area (Å²) >= 11 is 0. The Morgan fingerprint density at radius 3 is 1.84 bits per heavy atom. The molecule has 0 unspecified atom stereocenters. The highest BCUT2D eigenvalue weighted by Crippen LogP contribution is 2.20. The van der Waals surface area contributed by atoms with Gasteiger partial charge in [0.2, 0.25) is 0 Å². The Balaban J connectivity index is 1.65. The largest absolute Gasteiger partial charge is 0.303 e. The van der Waals surface area contributed by atoms with E-state index in [1.165, 1.54) is 48.1 Å². The molecule has 1 aliphatic rings. The van der Waals surface area contributed by atoms with Crippen molar-refractivity contribution in [3.63, 3.8) is 0 Å². The maximum absolute atomic E-state index is 2.61. The Hall–Kier alpha value is -1.64. The number of benzene rings is 2. The van der Waals surface area contributed by atoms with Gasteiger partial charge in [-0.25, -0.2) is 0 Å². The number of hydrogen-bond acceptors (Lipinski definition) is 2. The van der Waals surface area contributed by atoms with E-state index in [-0.39, 0.29) is 0 Å². The molecule has 3 rings (SSSR count). The number of hydrogen-bond donors (Lipinski definition) is 0. The SMILES string of the molecule is Cc1ccc(CN(CC[C@H]2CCCN2C)Cc2ccc(C)cc2)cc1. The van der Waals surface area contributed by atoms with Crippen LogP contribution in [0.3, 0.4) is 0 Å². The smallest absolute Gasteiger partial charge is 0.0237 e. The second kappa shape index (κ2) is 8.64. The van der Waals surface area contributed by atoms with Crippen LogP contribution in [0.5, 0.6) is 0 Å². The van der Waals surface area contributed by atoms with E-state index in [2.05, 4.69) is 79.2 Å². The molecule has 2 nitrogen and oxygen atoms in total. The molecule has 0 aliphatic carbocycles. The molecule has 0 N–H and O–H groups in total. The van der Waals surface area contributed by atoms with Gasteiger partial charge in [0.15, 0.2) is 0 Å². The Morgan fingerprint density at radius 1 is 0.880 bits per heavy atom. The summed E-state index contributed by atoms with van der Waals surface area (Å²) in [4.78, 5) is 5.15. The molecular weight excluding hydrogens is 304 g/mol. The van der Waals surface area contributed by atoms with Crippen LogP contribution >= 0.6 is 0 Å². The molecule has 1 heterocycles. The first kappa shape index (κ1) is 18.2. The summed E-state index contributed by atoms with van der Waals surface area (Å²) in [5, 5.41) is 0. The zero-order valence-electron chi connectivity index (χ0n) is 16.0. The summed E-state index contributed by atoms with van der Waals surface area (Å²) in [6.45, 7) is 8.81. The van der Waals surface area contributed by atoms with Crippen LogP contribution in [-0.4, -0.2) is 36.0 Å². The van der Waals surface area contributed by atoms with Crippen molar-refractivity contribution in [3.8, 4) is 0 Å². The minimum absolute atomic E-state index is 0.763. The van der Waals surface area contributed by atoms with E-state index >= 15 is 0 Å². The van der Waals surface area contributed by atoms with Crippen molar-refractivity contribution >= 4 is 0 Å². The Labute approximate surface area is 153 Å². The van der Waals surface area contributed by atoms with Crippen molar-refractivity contribution in [2.75, 3.05) is 20.1 Å². The van der Waals surface area contributed by atoms with Gasteiger partial charge in [-0.15, -0.1) is 0 Å². The third kappa shape index (κ3) is 5.42. The number of likely N-dealkylation sites (tertiary alicyclic amines) is 1. The summed E-state index contributed by atoms with van der Waals surface area (Å²) in [6, 6.07) is 18.8. The third-order valence-corrected chi connectivity index (χ3v) is 5.50. The van der Waals surface area contributed by atoms with Crippen molar-refractivity contribution in [2.45, 2.75) is 52.2 Å². The van der Waals surface area contributed by atoms with Crippen LogP contribution in [0.25, 0.3) is 0 Å². The van der Waals surface area contributed by atoms with Crippen LogP contribution in [0.1, 0.15) is 41.5 Å². The van der Waals surface area contributed by atoms with Crippen molar-refractivity contribution in [1.29, 1.82) is 0 Å². The van der Waals surface area contributed by atoms with Gasteiger partial charge in [-0.05, 0) is 57.8 Å². The van der Waals surface area contributed by atoms with Crippen LogP contribution in [0.15, 0.2) is 48.5 Å². The second-order valence-corrected chi connectivity index (χ2v) is 7.75. The molecule has 0 amide bonds. The molecule has 0 spiro atoms.